The predicted molar refractivity (Wildman–Crippen MR) is 107 cm³/mol. The monoisotopic (exact) mass is 457 g/mol. The second kappa shape index (κ2) is 12.6. The largest absolute Gasteiger partial charge is 2.00 e. The van der Waals surface area contributed by atoms with E-state index in [4.69, 9.17) is 8.83 Å². The summed E-state index contributed by atoms with van der Waals surface area (Å²) in [5.41, 5.74) is 0.897. The van der Waals surface area contributed by atoms with E-state index in [-0.39, 0.29) is 28.6 Å². The van der Waals surface area contributed by atoms with Crippen LogP contribution in [0.25, 0.3) is 0 Å². The van der Waals surface area contributed by atoms with E-state index in [0.29, 0.717) is 22.6 Å². The van der Waals surface area contributed by atoms with Gasteiger partial charge in [0.1, 0.15) is 0 Å². The predicted octanol–water partition coefficient (Wildman–Crippen LogP) is 3.47. The molecule has 0 spiro atoms. The summed E-state index contributed by atoms with van der Waals surface area (Å²) in [4.78, 5) is 38.0. The molecule has 0 aromatic carbocycles. The van der Waals surface area contributed by atoms with Crippen molar-refractivity contribution >= 4 is 24.2 Å². The molecule has 9 heteroatoms. The smallest absolute Gasteiger partial charge is 0.568 e. The number of aromatic nitrogens is 2. The van der Waals surface area contributed by atoms with Crippen molar-refractivity contribution in [1.82, 2.24) is 9.97 Å². The van der Waals surface area contributed by atoms with E-state index in [0.717, 1.165) is 0 Å². The third-order valence-corrected chi connectivity index (χ3v) is 3.41. The summed E-state index contributed by atoms with van der Waals surface area (Å²) in [6.07, 6.45) is 11.6. The zero-order valence-electron chi connectivity index (χ0n) is 15.8. The van der Waals surface area contributed by atoms with E-state index >= 15 is 0 Å². The Morgan fingerprint density at radius 2 is 1.26 bits per heavy atom. The Morgan fingerprint density at radius 1 is 0.806 bits per heavy atom. The van der Waals surface area contributed by atoms with Crippen LogP contribution in [-0.2, 0) is 16.8 Å². The summed E-state index contributed by atoms with van der Waals surface area (Å²) in [7, 11) is 0. The number of amides is 2. The van der Waals surface area contributed by atoms with E-state index in [9.17, 15) is 9.59 Å². The van der Waals surface area contributed by atoms with E-state index < -0.39 is 0 Å². The van der Waals surface area contributed by atoms with Crippen LogP contribution in [0.15, 0.2) is 92.5 Å². The van der Waals surface area contributed by atoms with Gasteiger partial charge in [0.05, 0.1) is 11.1 Å². The molecule has 0 aliphatic rings. The quantitative estimate of drug-likeness (QED) is 0.343. The first-order chi connectivity index (χ1) is 14.7. The van der Waals surface area contributed by atoms with Crippen molar-refractivity contribution in [3.05, 3.63) is 108 Å². The molecule has 0 aliphatic heterocycles. The molecule has 0 aliphatic carbocycles. The zero-order valence-corrected chi connectivity index (χ0v) is 16.9. The Hall–Kier alpha value is -3.95. The molecule has 4 heterocycles. The van der Waals surface area contributed by atoms with Gasteiger partial charge < -0.3 is 8.83 Å². The van der Waals surface area contributed by atoms with Crippen LogP contribution in [0.5, 0.6) is 0 Å². The van der Waals surface area contributed by atoms with Crippen molar-refractivity contribution in [2.45, 2.75) is 0 Å². The Balaban J connectivity index is 0.000000213. The van der Waals surface area contributed by atoms with Crippen molar-refractivity contribution in [3.8, 4) is 0 Å². The first-order valence-corrected chi connectivity index (χ1v) is 8.58. The van der Waals surface area contributed by atoms with Gasteiger partial charge in [-0.3, -0.25) is 19.6 Å². The molecule has 0 N–H and O–H groups in total. The Bertz CT molecular complexity index is 1020. The molecule has 0 saturated carbocycles. The Morgan fingerprint density at radius 3 is 1.58 bits per heavy atom. The van der Waals surface area contributed by atoms with Gasteiger partial charge in [0, 0.05) is 24.8 Å². The SMILES string of the molecule is O=C(N=Cc1c[c-]co1)c1cccnc1.O=C(N=Cc1c[c-]co1)c1cccnc1.[Co+2]. The molecule has 2 amide bonds. The van der Waals surface area contributed by atoms with Crippen molar-refractivity contribution in [1.29, 1.82) is 0 Å². The van der Waals surface area contributed by atoms with Crippen molar-refractivity contribution in [3.63, 3.8) is 0 Å². The molecular weight excluding hydrogens is 443 g/mol. The maximum atomic E-state index is 11.5. The molecule has 4 rings (SSSR count). The summed E-state index contributed by atoms with van der Waals surface area (Å²) in [6, 6.07) is 15.3. The number of rotatable bonds is 4. The fourth-order valence-electron chi connectivity index (χ4n) is 2.01. The van der Waals surface area contributed by atoms with E-state index in [1.54, 1.807) is 48.8 Å². The molecule has 155 valence electrons. The summed E-state index contributed by atoms with van der Waals surface area (Å²) in [6.45, 7) is 0. The van der Waals surface area contributed by atoms with Crippen molar-refractivity contribution in [2.24, 2.45) is 9.98 Å². The van der Waals surface area contributed by atoms with Gasteiger partial charge in [-0.15, -0.1) is 0 Å². The number of carbonyl (C=O) groups is 2. The third kappa shape index (κ3) is 7.76. The van der Waals surface area contributed by atoms with Crippen LogP contribution in [0, 0.1) is 12.1 Å². The Kier molecular flexibility index (Phi) is 9.46. The summed E-state index contributed by atoms with van der Waals surface area (Å²) >= 11 is 0. The van der Waals surface area contributed by atoms with Crippen molar-refractivity contribution < 1.29 is 35.2 Å². The van der Waals surface area contributed by atoms with E-state index in [2.05, 4.69) is 32.1 Å². The Labute approximate surface area is 188 Å². The standard InChI is InChI=1S/2C11H7N2O2.Co/c2*14-11(9-3-1-5-12-7-9)13-8-10-4-2-6-15-10;/h2*1,3-8H;/q2*-1;+2. The topological polar surface area (TPSA) is 111 Å². The van der Waals surface area contributed by atoms with Crippen LogP contribution < -0.4 is 0 Å². The van der Waals surface area contributed by atoms with Crippen LogP contribution in [0.3, 0.4) is 0 Å². The molecule has 8 nitrogen and oxygen atoms in total. The number of hydrogen-bond acceptors (Lipinski definition) is 6. The normalized spacial score (nSPS) is 10.3. The molecule has 4 aromatic rings. The van der Waals surface area contributed by atoms with Gasteiger partial charge in [0.2, 0.25) is 0 Å². The molecule has 31 heavy (non-hydrogen) atoms. The molecule has 0 saturated heterocycles. The van der Waals surface area contributed by atoms with Gasteiger partial charge in [0.15, 0.2) is 0 Å². The van der Waals surface area contributed by atoms with Crippen LogP contribution in [0.2, 0.25) is 0 Å². The van der Waals surface area contributed by atoms with Gasteiger partial charge in [-0.25, -0.2) is 22.1 Å². The van der Waals surface area contributed by atoms with E-state index in [1.807, 2.05) is 0 Å². The second-order valence-corrected chi connectivity index (χ2v) is 5.51. The average molecular weight is 457 g/mol. The summed E-state index contributed by atoms with van der Waals surface area (Å²) in [5, 5.41) is 0. The molecule has 1 radical (unpaired) electrons. The number of nitrogens with zero attached hydrogens (tertiary/aromatic N) is 4. The zero-order chi connectivity index (χ0) is 21.0. The minimum Gasteiger partial charge on any atom is -0.568 e. The van der Waals surface area contributed by atoms with Crippen LogP contribution in [0.4, 0.5) is 0 Å². The maximum Gasteiger partial charge on any atom is 2.00 e. The number of pyridine rings is 2. The van der Waals surface area contributed by atoms with Gasteiger partial charge >= 0.3 is 16.8 Å². The third-order valence-electron chi connectivity index (χ3n) is 3.41. The molecule has 0 atom stereocenters. The molecule has 4 aromatic heterocycles. The second-order valence-electron chi connectivity index (χ2n) is 5.51. The number of aliphatic imine (C=N–C) groups is 2. The number of carbonyl (C=O) groups excluding carboxylic acids is 2. The molecule has 0 fully saturated rings. The van der Waals surface area contributed by atoms with Crippen LogP contribution in [0.1, 0.15) is 32.2 Å². The average Bonchev–Trinajstić information content (AvgIpc) is 3.52. The van der Waals surface area contributed by atoms with Gasteiger partial charge in [-0.05, 0) is 60.7 Å². The van der Waals surface area contributed by atoms with Crippen molar-refractivity contribution in [2.75, 3.05) is 0 Å². The van der Waals surface area contributed by atoms with E-state index in [1.165, 1.54) is 37.3 Å². The fraction of sp³-hybridized carbons (Fsp3) is 0. The minimum absolute atomic E-state index is 0. The minimum atomic E-state index is -0.348. The van der Waals surface area contributed by atoms with Crippen LogP contribution in [-0.4, -0.2) is 34.2 Å². The first kappa shape index (κ1) is 23.3. The number of furan rings is 2. The van der Waals surface area contributed by atoms with Gasteiger partial charge in [-0.2, -0.15) is 12.1 Å². The summed E-state index contributed by atoms with van der Waals surface area (Å²) < 4.78 is 9.89. The molecule has 0 bridgehead atoms. The molecular formula is C22H14CoN4O4. The van der Waals surface area contributed by atoms with Gasteiger partial charge in [-0.1, -0.05) is 0 Å². The number of hydrogen-bond donors (Lipinski definition) is 0. The fourth-order valence-corrected chi connectivity index (χ4v) is 2.01. The maximum absolute atomic E-state index is 11.5. The van der Waals surface area contributed by atoms with Gasteiger partial charge in [0.25, 0.3) is 11.8 Å². The van der Waals surface area contributed by atoms with Crippen LogP contribution >= 0.6 is 0 Å². The first-order valence-electron chi connectivity index (χ1n) is 8.58. The molecule has 0 unspecified atom stereocenters. The summed E-state index contributed by atoms with van der Waals surface area (Å²) in [5.74, 6) is 0.290.